The molecule has 158 valence electrons. The second kappa shape index (κ2) is 9.61. The van der Waals surface area contributed by atoms with Crippen molar-refractivity contribution in [2.24, 2.45) is 0 Å². The monoisotopic (exact) mass is 414 g/mol. The summed E-state index contributed by atoms with van der Waals surface area (Å²) in [6.45, 7) is 4.72. The van der Waals surface area contributed by atoms with Gasteiger partial charge in [0, 0.05) is 32.2 Å². The maximum atomic E-state index is 12.5. The van der Waals surface area contributed by atoms with Gasteiger partial charge >= 0.3 is 12.2 Å². The molecule has 2 heterocycles. The summed E-state index contributed by atoms with van der Waals surface area (Å²) in [5.74, 6) is 0.276. The molecule has 0 unspecified atom stereocenters. The van der Waals surface area contributed by atoms with Crippen LogP contribution < -0.4 is 15.4 Å². The van der Waals surface area contributed by atoms with Crippen LogP contribution in [0.4, 0.5) is 23.8 Å². The highest BCUT2D eigenvalue weighted by molar-refractivity contribution is 5.87. The molecule has 0 bridgehead atoms. The summed E-state index contributed by atoms with van der Waals surface area (Å²) in [6, 6.07) is 7.10. The van der Waals surface area contributed by atoms with Gasteiger partial charge in [-0.3, -0.25) is 10.2 Å². The lowest BCUT2D eigenvalue weighted by Gasteiger charge is -2.26. The number of amides is 2. The lowest BCUT2D eigenvalue weighted by Crippen LogP contribution is -2.38. The van der Waals surface area contributed by atoms with E-state index in [1.165, 1.54) is 0 Å². The second-order valence-corrected chi connectivity index (χ2v) is 6.33. The molecule has 1 aliphatic heterocycles. The minimum atomic E-state index is -4.64. The van der Waals surface area contributed by atoms with Gasteiger partial charge in [0.05, 0.1) is 13.2 Å². The number of nitrogens with one attached hydrogen (secondary N) is 2. The molecule has 0 aliphatic carbocycles. The molecule has 11 heteroatoms. The Morgan fingerprint density at radius 2 is 2.03 bits per heavy atom. The third-order valence-corrected chi connectivity index (χ3v) is 4.17. The highest BCUT2D eigenvalue weighted by atomic mass is 19.4. The van der Waals surface area contributed by atoms with Crippen molar-refractivity contribution < 1.29 is 32.0 Å². The molecule has 0 saturated carbocycles. The van der Waals surface area contributed by atoms with Gasteiger partial charge in [-0.1, -0.05) is 17.3 Å². The third kappa shape index (κ3) is 6.64. The molecule has 1 fully saturated rings. The number of halogens is 3. The average Bonchev–Trinajstić information content (AvgIpc) is 3.17. The van der Waals surface area contributed by atoms with E-state index in [0.29, 0.717) is 18.4 Å². The molecule has 0 spiro atoms. The molecular weight excluding hydrogens is 393 g/mol. The number of anilines is 1. The summed E-state index contributed by atoms with van der Waals surface area (Å²) < 4.78 is 52.9. The Bertz CT molecular complexity index is 806. The molecule has 29 heavy (non-hydrogen) atoms. The van der Waals surface area contributed by atoms with Gasteiger partial charge in [-0.25, -0.2) is 4.79 Å². The van der Waals surface area contributed by atoms with E-state index in [-0.39, 0.29) is 6.54 Å². The van der Waals surface area contributed by atoms with Gasteiger partial charge < -0.3 is 19.3 Å². The maximum absolute atomic E-state index is 12.5. The molecule has 2 aromatic rings. The Morgan fingerprint density at radius 3 is 2.76 bits per heavy atom. The van der Waals surface area contributed by atoms with Crippen LogP contribution in [0.25, 0.3) is 0 Å². The van der Waals surface area contributed by atoms with Gasteiger partial charge in [0.1, 0.15) is 12.4 Å². The molecule has 1 aliphatic rings. The fourth-order valence-electron chi connectivity index (χ4n) is 2.67. The first-order valence-corrected chi connectivity index (χ1v) is 9.01. The van der Waals surface area contributed by atoms with Crippen molar-refractivity contribution in [2.75, 3.05) is 44.8 Å². The molecular formula is C18H21F3N4O4. The minimum absolute atomic E-state index is 0.159. The SMILES string of the molecule is O=C(NCc1cccc(OCCN2CCOCC2)c1)Nc1cc(C(F)(F)F)no1. The Labute approximate surface area is 164 Å². The molecule has 3 rings (SSSR count). The highest BCUT2D eigenvalue weighted by Gasteiger charge is 2.35. The molecule has 1 aromatic heterocycles. The van der Waals surface area contributed by atoms with E-state index in [2.05, 4.69) is 25.2 Å². The van der Waals surface area contributed by atoms with Crippen molar-refractivity contribution in [3.05, 3.63) is 41.6 Å². The van der Waals surface area contributed by atoms with Gasteiger partial charge in [-0.2, -0.15) is 13.2 Å². The summed E-state index contributed by atoms with van der Waals surface area (Å²) in [6.07, 6.45) is -4.64. The topological polar surface area (TPSA) is 88.9 Å². The number of morpholine rings is 1. The molecule has 2 amide bonds. The molecule has 0 radical (unpaired) electrons. The van der Waals surface area contributed by atoms with E-state index in [4.69, 9.17) is 9.47 Å². The Kier molecular flexibility index (Phi) is 6.94. The van der Waals surface area contributed by atoms with Crippen molar-refractivity contribution in [1.29, 1.82) is 0 Å². The number of ether oxygens (including phenoxy) is 2. The maximum Gasteiger partial charge on any atom is 0.436 e. The molecule has 1 aromatic carbocycles. The first kappa shape index (κ1) is 20.9. The Balaban J connectivity index is 1.42. The Hall–Kier alpha value is -2.79. The quantitative estimate of drug-likeness (QED) is 0.724. The van der Waals surface area contributed by atoms with Crippen molar-refractivity contribution in [3.8, 4) is 5.75 Å². The number of carbonyl (C=O) groups is 1. The number of urea groups is 1. The number of benzene rings is 1. The summed E-state index contributed by atoms with van der Waals surface area (Å²) >= 11 is 0. The fourth-order valence-corrected chi connectivity index (χ4v) is 2.67. The second-order valence-electron chi connectivity index (χ2n) is 6.33. The molecule has 1 saturated heterocycles. The fraction of sp³-hybridized carbons (Fsp3) is 0.444. The number of carbonyl (C=O) groups excluding carboxylic acids is 1. The first-order chi connectivity index (χ1) is 13.9. The van der Waals surface area contributed by atoms with Crippen LogP contribution in [-0.4, -0.2) is 55.5 Å². The van der Waals surface area contributed by atoms with E-state index in [9.17, 15) is 18.0 Å². The van der Waals surface area contributed by atoms with E-state index in [1.54, 1.807) is 18.2 Å². The lowest BCUT2D eigenvalue weighted by molar-refractivity contribution is -0.142. The van der Waals surface area contributed by atoms with Gasteiger partial charge in [0.2, 0.25) is 5.88 Å². The average molecular weight is 414 g/mol. The largest absolute Gasteiger partial charge is 0.492 e. The summed E-state index contributed by atoms with van der Waals surface area (Å²) in [5, 5.41) is 7.56. The molecule has 8 nitrogen and oxygen atoms in total. The summed E-state index contributed by atoms with van der Waals surface area (Å²) in [5.41, 5.74) is -0.438. The smallest absolute Gasteiger partial charge is 0.436 e. The van der Waals surface area contributed by atoms with E-state index < -0.39 is 23.8 Å². The van der Waals surface area contributed by atoms with E-state index >= 15 is 0 Å². The predicted octanol–water partition coefficient (Wildman–Crippen LogP) is 2.73. The number of hydrogen-bond acceptors (Lipinski definition) is 6. The van der Waals surface area contributed by atoms with Crippen LogP contribution in [0.1, 0.15) is 11.3 Å². The van der Waals surface area contributed by atoms with Crippen molar-refractivity contribution in [1.82, 2.24) is 15.4 Å². The number of rotatable bonds is 7. The van der Waals surface area contributed by atoms with Crippen LogP contribution >= 0.6 is 0 Å². The van der Waals surface area contributed by atoms with Crippen LogP contribution in [0.3, 0.4) is 0 Å². The number of hydrogen-bond donors (Lipinski definition) is 2. The number of nitrogens with zero attached hydrogens (tertiary/aromatic N) is 2. The van der Waals surface area contributed by atoms with Crippen LogP contribution in [0.2, 0.25) is 0 Å². The zero-order valence-corrected chi connectivity index (χ0v) is 15.5. The van der Waals surface area contributed by atoms with Crippen molar-refractivity contribution >= 4 is 11.9 Å². The molecule has 2 N–H and O–H groups in total. The number of alkyl halides is 3. The van der Waals surface area contributed by atoms with Gasteiger partial charge in [0.25, 0.3) is 0 Å². The van der Waals surface area contributed by atoms with Crippen LogP contribution in [0.15, 0.2) is 34.9 Å². The lowest BCUT2D eigenvalue weighted by atomic mass is 10.2. The Morgan fingerprint density at radius 1 is 1.24 bits per heavy atom. The van der Waals surface area contributed by atoms with Crippen LogP contribution in [-0.2, 0) is 17.5 Å². The molecule has 0 atom stereocenters. The standard InChI is InChI=1S/C18H21F3N4O4/c19-18(20,21)15-11-16(29-24-15)23-17(26)22-12-13-2-1-3-14(10-13)28-9-6-25-4-7-27-8-5-25/h1-3,10-11H,4-9,12H2,(H2,22,23,26). The predicted molar refractivity (Wildman–Crippen MR) is 96.6 cm³/mol. The van der Waals surface area contributed by atoms with E-state index in [1.807, 2.05) is 6.07 Å². The van der Waals surface area contributed by atoms with Crippen LogP contribution in [0.5, 0.6) is 5.75 Å². The first-order valence-electron chi connectivity index (χ1n) is 9.01. The zero-order chi connectivity index (χ0) is 20.7. The van der Waals surface area contributed by atoms with Gasteiger partial charge in [-0.15, -0.1) is 0 Å². The third-order valence-electron chi connectivity index (χ3n) is 4.17. The van der Waals surface area contributed by atoms with E-state index in [0.717, 1.165) is 38.4 Å². The zero-order valence-electron chi connectivity index (χ0n) is 15.5. The van der Waals surface area contributed by atoms with Gasteiger partial charge in [-0.05, 0) is 17.7 Å². The van der Waals surface area contributed by atoms with Gasteiger partial charge in [0.15, 0.2) is 5.69 Å². The minimum Gasteiger partial charge on any atom is -0.492 e. The highest BCUT2D eigenvalue weighted by Crippen LogP contribution is 2.29. The normalized spacial score (nSPS) is 15.1. The summed E-state index contributed by atoms with van der Waals surface area (Å²) in [4.78, 5) is 14.1. The number of aromatic nitrogens is 1. The van der Waals surface area contributed by atoms with Crippen molar-refractivity contribution in [3.63, 3.8) is 0 Å². The van der Waals surface area contributed by atoms with Crippen molar-refractivity contribution in [2.45, 2.75) is 12.7 Å². The summed E-state index contributed by atoms with van der Waals surface area (Å²) in [7, 11) is 0. The van der Waals surface area contributed by atoms with Crippen LogP contribution in [0, 0.1) is 0 Å².